The lowest BCUT2D eigenvalue weighted by Gasteiger charge is -2.38. The number of rotatable bonds is 6. The SMILES string of the molecule is [C-]#[N+][C@@H]1C[C@@]2(CN1C(=O)[C@H](CC(C)C)N(C)C(=O)[C@@H]1CCC(C)(C)N1CC)C(=O)Nc1ccccc12. The highest BCUT2D eigenvalue weighted by Gasteiger charge is 2.59. The van der Waals surface area contributed by atoms with Crippen LogP contribution in [0.3, 0.4) is 0 Å². The first-order valence-corrected chi connectivity index (χ1v) is 13.1. The number of nitrogens with one attached hydrogen (secondary N) is 1. The first-order chi connectivity index (χ1) is 17.0. The summed E-state index contributed by atoms with van der Waals surface area (Å²) in [6, 6.07) is 6.58. The van der Waals surface area contributed by atoms with E-state index in [0.717, 1.165) is 30.6 Å². The first kappa shape index (κ1) is 26.2. The van der Waals surface area contributed by atoms with Crippen LogP contribution in [0.4, 0.5) is 5.69 Å². The maximum atomic E-state index is 14.1. The summed E-state index contributed by atoms with van der Waals surface area (Å²) in [4.78, 5) is 50.2. The van der Waals surface area contributed by atoms with Crippen LogP contribution in [0.15, 0.2) is 24.3 Å². The van der Waals surface area contributed by atoms with Crippen LogP contribution in [0.1, 0.15) is 65.9 Å². The van der Waals surface area contributed by atoms with E-state index < -0.39 is 17.6 Å². The molecule has 2 saturated heterocycles. The monoisotopic (exact) mass is 493 g/mol. The van der Waals surface area contributed by atoms with Gasteiger partial charge in [-0.1, -0.05) is 39.0 Å². The summed E-state index contributed by atoms with van der Waals surface area (Å²) in [5.74, 6) is -0.271. The van der Waals surface area contributed by atoms with E-state index in [2.05, 4.69) is 35.8 Å². The van der Waals surface area contributed by atoms with Gasteiger partial charge >= 0.3 is 6.17 Å². The summed E-state index contributed by atoms with van der Waals surface area (Å²) in [6.07, 6.45) is 1.71. The van der Waals surface area contributed by atoms with Gasteiger partial charge in [0.1, 0.15) is 11.5 Å². The number of para-hydroxylation sites is 1. The molecule has 3 aliphatic rings. The summed E-state index contributed by atoms with van der Waals surface area (Å²) in [7, 11) is 1.72. The molecule has 0 bridgehead atoms. The molecule has 3 aliphatic heterocycles. The lowest BCUT2D eigenvalue weighted by atomic mass is 9.80. The van der Waals surface area contributed by atoms with Crippen LogP contribution >= 0.6 is 0 Å². The number of amides is 3. The number of likely N-dealkylation sites (N-methyl/N-ethyl adjacent to an activating group) is 2. The van der Waals surface area contributed by atoms with Crippen LogP contribution in [0.25, 0.3) is 4.85 Å². The average Bonchev–Trinajstić information content (AvgIpc) is 3.47. The Morgan fingerprint density at radius 3 is 2.61 bits per heavy atom. The molecule has 4 rings (SSSR count). The van der Waals surface area contributed by atoms with Crippen LogP contribution in [-0.4, -0.2) is 76.3 Å². The molecule has 4 atom stereocenters. The fourth-order valence-corrected chi connectivity index (χ4v) is 6.52. The Morgan fingerprint density at radius 1 is 1.28 bits per heavy atom. The van der Waals surface area contributed by atoms with Crippen LogP contribution in [-0.2, 0) is 19.8 Å². The van der Waals surface area contributed by atoms with E-state index >= 15 is 0 Å². The number of anilines is 1. The molecule has 2 fully saturated rings. The standard InChI is InChI=1S/C28H39N5O3/c1-8-33-21(13-14-27(33,4)5)24(34)31(7)22(15-18(2)3)25(35)32-17-28(16-23(32)29-6)19-11-9-10-12-20(19)30-26(28)36/h9-12,18,21-23H,8,13-17H2,1-5,7H3,(H,30,36)/t21-,22-,23-,28-/m0/s1. The van der Waals surface area contributed by atoms with E-state index in [4.69, 9.17) is 6.57 Å². The average molecular weight is 494 g/mol. The zero-order valence-corrected chi connectivity index (χ0v) is 22.4. The van der Waals surface area contributed by atoms with Gasteiger partial charge in [-0.25, -0.2) is 6.57 Å². The predicted molar refractivity (Wildman–Crippen MR) is 139 cm³/mol. The Bertz CT molecular complexity index is 1090. The molecular formula is C28H39N5O3. The quantitative estimate of drug-likeness (QED) is 0.616. The van der Waals surface area contributed by atoms with Crippen molar-refractivity contribution >= 4 is 23.4 Å². The third-order valence-corrected chi connectivity index (χ3v) is 8.49. The molecule has 0 aliphatic carbocycles. The minimum absolute atomic E-state index is 0.0429. The predicted octanol–water partition coefficient (Wildman–Crippen LogP) is 3.49. The Balaban J connectivity index is 1.62. The molecular weight excluding hydrogens is 454 g/mol. The molecule has 0 radical (unpaired) electrons. The third-order valence-electron chi connectivity index (χ3n) is 8.49. The molecule has 3 amide bonds. The van der Waals surface area contributed by atoms with Gasteiger partial charge in [-0.15, -0.1) is 0 Å². The smallest absolute Gasteiger partial charge is 0.302 e. The van der Waals surface area contributed by atoms with E-state index in [9.17, 15) is 14.4 Å². The van der Waals surface area contributed by atoms with Crippen molar-refractivity contribution in [2.75, 3.05) is 25.5 Å². The highest BCUT2D eigenvalue weighted by Crippen LogP contribution is 2.47. The zero-order valence-electron chi connectivity index (χ0n) is 22.4. The van der Waals surface area contributed by atoms with E-state index in [0.29, 0.717) is 6.42 Å². The normalized spacial score (nSPS) is 27.7. The molecule has 0 saturated carbocycles. The molecule has 1 aromatic rings. The summed E-state index contributed by atoms with van der Waals surface area (Å²) in [6.45, 7) is 19.2. The molecule has 1 N–H and O–H groups in total. The first-order valence-electron chi connectivity index (χ1n) is 13.1. The zero-order chi connectivity index (χ0) is 26.4. The second kappa shape index (κ2) is 9.51. The van der Waals surface area contributed by atoms with Crippen LogP contribution in [0, 0.1) is 12.5 Å². The van der Waals surface area contributed by atoms with E-state index in [1.54, 1.807) is 16.8 Å². The molecule has 1 spiro atoms. The van der Waals surface area contributed by atoms with Gasteiger partial charge in [0.15, 0.2) is 0 Å². The molecule has 8 heteroatoms. The van der Waals surface area contributed by atoms with Crippen molar-refractivity contribution in [2.45, 2.75) is 89.5 Å². The number of likely N-dealkylation sites (tertiary alicyclic amines) is 2. The molecule has 194 valence electrons. The van der Waals surface area contributed by atoms with Gasteiger partial charge in [-0.05, 0) is 57.2 Å². The van der Waals surface area contributed by atoms with Crippen molar-refractivity contribution in [1.82, 2.24) is 14.7 Å². The minimum Gasteiger partial charge on any atom is -0.332 e. The van der Waals surface area contributed by atoms with Crippen molar-refractivity contribution in [1.29, 1.82) is 0 Å². The summed E-state index contributed by atoms with van der Waals surface area (Å²) < 4.78 is 0. The molecule has 0 unspecified atom stereocenters. The summed E-state index contributed by atoms with van der Waals surface area (Å²) >= 11 is 0. The van der Waals surface area contributed by atoms with Crippen molar-refractivity contribution < 1.29 is 14.4 Å². The van der Waals surface area contributed by atoms with Gasteiger partial charge in [0, 0.05) is 24.8 Å². The van der Waals surface area contributed by atoms with E-state index in [1.807, 2.05) is 38.1 Å². The fourth-order valence-electron chi connectivity index (χ4n) is 6.52. The van der Waals surface area contributed by atoms with Gasteiger partial charge in [0.2, 0.25) is 11.8 Å². The summed E-state index contributed by atoms with van der Waals surface area (Å²) in [5.41, 5.74) is 0.597. The number of nitrogens with zero attached hydrogens (tertiary/aromatic N) is 4. The molecule has 36 heavy (non-hydrogen) atoms. The fraction of sp³-hybridized carbons (Fsp3) is 0.643. The van der Waals surface area contributed by atoms with Crippen molar-refractivity contribution in [2.24, 2.45) is 5.92 Å². The van der Waals surface area contributed by atoms with Gasteiger partial charge < -0.3 is 10.2 Å². The highest BCUT2D eigenvalue weighted by atomic mass is 16.2. The van der Waals surface area contributed by atoms with Gasteiger partial charge in [-0.3, -0.25) is 29.0 Å². The Labute approximate surface area is 214 Å². The maximum Gasteiger partial charge on any atom is 0.302 e. The second-order valence-electron chi connectivity index (χ2n) is 11.6. The van der Waals surface area contributed by atoms with E-state index in [-0.39, 0.29) is 48.2 Å². The number of carbonyl (C=O) groups excluding carboxylic acids is 3. The third kappa shape index (κ3) is 4.17. The number of benzene rings is 1. The topological polar surface area (TPSA) is 77.3 Å². The number of carbonyl (C=O) groups is 3. The maximum absolute atomic E-state index is 14.1. The van der Waals surface area contributed by atoms with Gasteiger partial charge in [0.25, 0.3) is 5.91 Å². The number of hydrogen-bond donors (Lipinski definition) is 1. The van der Waals surface area contributed by atoms with E-state index in [1.165, 1.54) is 0 Å². The lowest BCUT2D eigenvalue weighted by Crippen LogP contribution is -2.56. The van der Waals surface area contributed by atoms with Crippen molar-refractivity contribution in [3.8, 4) is 0 Å². The second-order valence-corrected chi connectivity index (χ2v) is 11.6. The lowest BCUT2D eigenvalue weighted by molar-refractivity contribution is -0.148. The van der Waals surface area contributed by atoms with Crippen LogP contribution < -0.4 is 5.32 Å². The van der Waals surface area contributed by atoms with Crippen LogP contribution in [0.2, 0.25) is 0 Å². The highest BCUT2D eigenvalue weighted by molar-refractivity contribution is 6.07. The largest absolute Gasteiger partial charge is 0.332 e. The number of fused-ring (bicyclic) bond motifs is 2. The van der Waals surface area contributed by atoms with Crippen molar-refractivity contribution in [3.63, 3.8) is 0 Å². The van der Waals surface area contributed by atoms with Gasteiger partial charge in [-0.2, -0.15) is 0 Å². The summed E-state index contributed by atoms with van der Waals surface area (Å²) in [5, 5.41) is 2.94. The van der Waals surface area contributed by atoms with Gasteiger partial charge in [0.05, 0.1) is 12.5 Å². The Hall–Kier alpha value is -2.92. The number of hydrogen-bond acceptors (Lipinski definition) is 4. The molecule has 3 heterocycles. The molecule has 0 aromatic heterocycles. The Kier molecular flexibility index (Phi) is 6.91. The Morgan fingerprint density at radius 2 is 1.97 bits per heavy atom. The van der Waals surface area contributed by atoms with Crippen LogP contribution in [0.5, 0.6) is 0 Å². The van der Waals surface area contributed by atoms with Crippen molar-refractivity contribution in [3.05, 3.63) is 41.2 Å². The minimum atomic E-state index is -0.930. The molecule has 8 nitrogen and oxygen atoms in total. The molecule has 1 aromatic carbocycles.